The second-order valence-corrected chi connectivity index (χ2v) is 5.17. The maximum Gasteiger partial charge on any atom is 0.0186 e. The maximum absolute atomic E-state index is 2.39. The zero-order valence-corrected chi connectivity index (χ0v) is 10.5. The Hall–Kier alpha value is -1.56. The minimum absolute atomic E-state index is 0.210. The lowest BCUT2D eigenvalue weighted by atomic mass is 9.77. The van der Waals surface area contributed by atoms with Crippen LogP contribution in [0.15, 0.2) is 48.5 Å². The summed E-state index contributed by atoms with van der Waals surface area (Å²) in [6, 6.07) is 17.7. The van der Waals surface area contributed by atoms with Gasteiger partial charge in [-0.1, -0.05) is 68.8 Å². The van der Waals surface area contributed by atoms with Crippen LogP contribution in [0.2, 0.25) is 0 Å². The van der Waals surface area contributed by atoms with Crippen molar-refractivity contribution in [1.82, 2.24) is 0 Å². The highest BCUT2D eigenvalue weighted by Gasteiger charge is 2.37. The molecule has 1 aliphatic carbocycles. The van der Waals surface area contributed by atoms with Gasteiger partial charge in [0, 0.05) is 5.41 Å². The fourth-order valence-electron chi connectivity index (χ4n) is 3.31. The Balaban J connectivity index is 2.31. The van der Waals surface area contributed by atoms with E-state index in [-0.39, 0.29) is 5.41 Å². The lowest BCUT2D eigenvalue weighted by molar-refractivity contribution is 0.524. The lowest BCUT2D eigenvalue weighted by Crippen LogP contribution is -2.20. The summed E-state index contributed by atoms with van der Waals surface area (Å²) in [5.74, 6) is 0. The second kappa shape index (κ2) is 3.73. The first-order valence-corrected chi connectivity index (χ1v) is 6.47. The molecule has 2 aromatic rings. The van der Waals surface area contributed by atoms with E-state index in [2.05, 4.69) is 62.4 Å². The molecule has 0 bridgehead atoms. The smallest absolute Gasteiger partial charge is 0.0186 e. The third-order valence-corrected chi connectivity index (χ3v) is 4.08. The van der Waals surface area contributed by atoms with E-state index in [0.29, 0.717) is 0 Å². The molecule has 86 valence electrons. The van der Waals surface area contributed by atoms with Crippen LogP contribution in [0.1, 0.15) is 37.8 Å². The molecule has 0 N–H and O–H groups in total. The molecule has 0 atom stereocenters. The summed E-state index contributed by atoms with van der Waals surface area (Å²) < 4.78 is 0. The molecule has 0 nitrogen and oxygen atoms in total. The molecule has 17 heavy (non-hydrogen) atoms. The summed E-state index contributed by atoms with van der Waals surface area (Å²) in [6.45, 7) is 4.66. The Kier molecular flexibility index (Phi) is 2.32. The summed E-state index contributed by atoms with van der Waals surface area (Å²) in [6.07, 6.45) is 2.44. The topological polar surface area (TPSA) is 0 Å². The number of hydrogen-bond acceptors (Lipinski definition) is 0. The van der Waals surface area contributed by atoms with E-state index in [0.717, 1.165) is 0 Å². The van der Waals surface area contributed by atoms with Crippen LogP contribution in [-0.2, 0) is 5.41 Å². The van der Waals surface area contributed by atoms with Crippen molar-refractivity contribution >= 4 is 0 Å². The predicted octanol–water partition coefficient (Wildman–Crippen LogP) is 4.77. The number of benzene rings is 2. The molecule has 1 aliphatic rings. The third kappa shape index (κ3) is 1.37. The molecule has 0 fully saturated rings. The van der Waals surface area contributed by atoms with Crippen LogP contribution in [0.5, 0.6) is 0 Å². The summed E-state index contributed by atoms with van der Waals surface area (Å²) in [7, 11) is 0. The first-order valence-electron chi connectivity index (χ1n) is 6.47. The van der Waals surface area contributed by atoms with Gasteiger partial charge in [-0.2, -0.15) is 0 Å². The van der Waals surface area contributed by atoms with Gasteiger partial charge < -0.3 is 0 Å². The van der Waals surface area contributed by atoms with E-state index in [1.54, 1.807) is 0 Å². The van der Waals surface area contributed by atoms with E-state index in [9.17, 15) is 0 Å². The minimum Gasteiger partial charge on any atom is -0.0653 e. The molecule has 0 aromatic heterocycles. The van der Waals surface area contributed by atoms with E-state index in [1.165, 1.54) is 35.1 Å². The van der Waals surface area contributed by atoms with Crippen LogP contribution >= 0.6 is 0 Å². The van der Waals surface area contributed by atoms with Crippen molar-refractivity contribution in [3.8, 4) is 11.1 Å². The Labute approximate surface area is 103 Å². The third-order valence-electron chi connectivity index (χ3n) is 4.08. The van der Waals surface area contributed by atoms with Gasteiger partial charge in [0.1, 0.15) is 0 Å². The van der Waals surface area contributed by atoms with Crippen molar-refractivity contribution in [3.05, 3.63) is 59.7 Å². The van der Waals surface area contributed by atoms with Gasteiger partial charge in [-0.05, 0) is 28.7 Å². The number of fused-ring (bicyclic) bond motifs is 3. The Bertz CT molecular complexity index is 506. The molecule has 0 aliphatic heterocycles. The van der Waals surface area contributed by atoms with Crippen molar-refractivity contribution in [2.75, 3.05) is 0 Å². The van der Waals surface area contributed by atoms with Crippen LogP contribution in [0, 0.1) is 0 Å². The molecular weight excluding hydrogens is 204 g/mol. The quantitative estimate of drug-likeness (QED) is 0.686. The first-order chi connectivity index (χ1) is 8.27. The van der Waals surface area contributed by atoms with Gasteiger partial charge in [0.05, 0.1) is 0 Å². The van der Waals surface area contributed by atoms with Gasteiger partial charge in [-0.25, -0.2) is 0 Å². The van der Waals surface area contributed by atoms with Gasteiger partial charge in [0.2, 0.25) is 0 Å². The van der Waals surface area contributed by atoms with E-state index < -0.39 is 0 Å². The Morgan fingerprint density at radius 2 is 1.29 bits per heavy atom. The van der Waals surface area contributed by atoms with Crippen LogP contribution in [0.25, 0.3) is 11.1 Å². The minimum atomic E-state index is 0.210. The predicted molar refractivity (Wildman–Crippen MR) is 73.2 cm³/mol. The van der Waals surface area contributed by atoms with Crippen molar-refractivity contribution in [1.29, 1.82) is 0 Å². The first kappa shape index (κ1) is 10.6. The summed E-state index contributed by atoms with van der Waals surface area (Å²) >= 11 is 0. The number of rotatable bonds is 2. The maximum atomic E-state index is 2.39. The fourth-order valence-corrected chi connectivity index (χ4v) is 3.31. The molecule has 0 saturated heterocycles. The average Bonchev–Trinajstić information content (AvgIpc) is 2.62. The molecule has 0 radical (unpaired) electrons. The highest BCUT2D eigenvalue weighted by Crippen LogP contribution is 2.50. The molecular formula is C17H18. The standard InChI is InChI=1S/C17H18/c1-3-12-17(2)15-10-6-4-8-13(15)14-9-5-7-11-16(14)17/h4-11H,3,12H2,1-2H3. The van der Waals surface area contributed by atoms with E-state index in [1.807, 2.05) is 0 Å². The molecule has 0 heterocycles. The largest absolute Gasteiger partial charge is 0.0653 e. The SMILES string of the molecule is CCCC1(C)c2ccccc2-c2ccccc21. The van der Waals surface area contributed by atoms with Crippen molar-refractivity contribution in [2.24, 2.45) is 0 Å². The van der Waals surface area contributed by atoms with Crippen molar-refractivity contribution in [2.45, 2.75) is 32.1 Å². The van der Waals surface area contributed by atoms with Crippen molar-refractivity contribution in [3.63, 3.8) is 0 Å². The molecule has 0 spiro atoms. The van der Waals surface area contributed by atoms with Crippen molar-refractivity contribution < 1.29 is 0 Å². The zero-order chi connectivity index (χ0) is 11.9. The lowest BCUT2D eigenvalue weighted by Gasteiger charge is -2.26. The van der Waals surface area contributed by atoms with Crippen LogP contribution < -0.4 is 0 Å². The Morgan fingerprint density at radius 3 is 1.76 bits per heavy atom. The van der Waals surface area contributed by atoms with Gasteiger partial charge in [-0.15, -0.1) is 0 Å². The van der Waals surface area contributed by atoms with Crippen LogP contribution in [0.3, 0.4) is 0 Å². The number of hydrogen-bond donors (Lipinski definition) is 0. The van der Waals surface area contributed by atoms with E-state index in [4.69, 9.17) is 0 Å². The fraction of sp³-hybridized carbons (Fsp3) is 0.294. The van der Waals surface area contributed by atoms with Crippen LogP contribution in [0.4, 0.5) is 0 Å². The Morgan fingerprint density at radius 1 is 0.824 bits per heavy atom. The molecule has 0 heteroatoms. The molecule has 0 amide bonds. The van der Waals surface area contributed by atoms with Gasteiger partial charge in [-0.3, -0.25) is 0 Å². The van der Waals surface area contributed by atoms with Gasteiger partial charge in [0.25, 0.3) is 0 Å². The normalized spacial score (nSPS) is 15.4. The second-order valence-electron chi connectivity index (χ2n) is 5.17. The van der Waals surface area contributed by atoms with Gasteiger partial charge in [0.15, 0.2) is 0 Å². The highest BCUT2D eigenvalue weighted by atomic mass is 14.4. The average molecular weight is 222 g/mol. The molecule has 3 rings (SSSR count). The summed E-state index contributed by atoms with van der Waals surface area (Å²) in [5.41, 5.74) is 6.08. The zero-order valence-electron chi connectivity index (χ0n) is 10.5. The molecule has 0 unspecified atom stereocenters. The molecule has 2 aromatic carbocycles. The van der Waals surface area contributed by atoms with E-state index >= 15 is 0 Å². The monoisotopic (exact) mass is 222 g/mol. The molecule has 0 saturated carbocycles. The van der Waals surface area contributed by atoms with Gasteiger partial charge >= 0.3 is 0 Å². The highest BCUT2D eigenvalue weighted by molar-refractivity contribution is 5.80. The summed E-state index contributed by atoms with van der Waals surface area (Å²) in [4.78, 5) is 0. The van der Waals surface area contributed by atoms with Crippen LogP contribution in [-0.4, -0.2) is 0 Å². The summed E-state index contributed by atoms with van der Waals surface area (Å²) in [5, 5.41) is 0.